The number of carboxylic acids is 1. The molecule has 3 aromatic rings. The molecule has 190 valence electrons. The van der Waals surface area contributed by atoms with E-state index >= 15 is 0 Å². The number of rotatable bonds is 8. The van der Waals surface area contributed by atoms with Crippen LogP contribution in [0.4, 0.5) is 5.69 Å². The maximum atomic E-state index is 12.9. The van der Waals surface area contributed by atoms with Gasteiger partial charge in [0.25, 0.3) is 5.91 Å². The van der Waals surface area contributed by atoms with Crippen LogP contribution in [0.1, 0.15) is 28.4 Å². The van der Waals surface area contributed by atoms with Crippen molar-refractivity contribution < 1.29 is 24.2 Å². The van der Waals surface area contributed by atoms with Crippen LogP contribution in [0.25, 0.3) is 6.08 Å². The highest BCUT2D eigenvalue weighted by Crippen LogP contribution is 2.38. The Hall–Kier alpha value is -3.02. The molecule has 1 aliphatic rings. The van der Waals surface area contributed by atoms with Crippen LogP contribution in [0.5, 0.6) is 11.5 Å². The summed E-state index contributed by atoms with van der Waals surface area (Å²) >= 11 is 9.53. The smallest absolute Gasteiger partial charge is 0.335 e. The molecular formula is C27H22ClIN2O5S. The molecule has 0 radical (unpaired) electrons. The van der Waals surface area contributed by atoms with Gasteiger partial charge in [0.2, 0.25) is 0 Å². The highest BCUT2D eigenvalue weighted by molar-refractivity contribution is 14.1. The lowest BCUT2D eigenvalue weighted by Gasteiger charge is -2.15. The van der Waals surface area contributed by atoms with Crippen LogP contribution < -0.4 is 9.47 Å². The number of nitrogens with zero attached hydrogens (tertiary/aromatic N) is 2. The molecule has 1 saturated heterocycles. The highest BCUT2D eigenvalue weighted by atomic mass is 127. The van der Waals surface area contributed by atoms with Crippen molar-refractivity contribution in [3.05, 3.63) is 90.9 Å². The number of aromatic carboxylic acids is 1. The number of likely N-dealkylation sites (N-methyl/N-ethyl adjacent to an activating group) is 1. The van der Waals surface area contributed by atoms with Crippen LogP contribution in [0.2, 0.25) is 5.02 Å². The first-order chi connectivity index (χ1) is 17.7. The van der Waals surface area contributed by atoms with Crippen molar-refractivity contribution in [2.45, 2.75) is 13.5 Å². The van der Waals surface area contributed by atoms with E-state index in [2.05, 4.69) is 27.6 Å². The van der Waals surface area contributed by atoms with Crippen LogP contribution in [-0.2, 0) is 11.4 Å². The normalized spacial score (nSPS) is 15.5. The molecule has 0 spiro atoms. The van der Waals surface area contributed by atoms with Gasteiger partial charge >= 0.3 is 5.97 Å². The predicted octanol–water partition coefficient (Wildman–Crippen LogP) is 6.85. The summed E-state index contributed by atoms with van der Waals surface area (Å²) in [5, 5.41) is 10.2. The van der Waals surface area contributed by atoms with E-state index in [0.717, 1.165) is 14.7 Å². The summed E-state index contributed by atoms with van der Waals surface area (Å²) in [6.07, 6.45) is 1.80. The van der Waals surface area contributed by atoms with Crippen LogP contribution in [0.15, 0.2) is 70.6 Å². The van der Waals surface area contributed by atoms with Crippen LogP contribution >= 0.6 is 46.0 Å². The number of amidine groups is 1. The predicted molar refractivity (Wildman–Crippen MR) is 155 cm³/mol. The van der Waals surface area contributed by atoms with E-state index in [4.69, 9.17) is 26.2 Å². The van der Waals surface area contributed by atoms with Crippen LogP contribution in [0, 0.1) is 3.57 Å². The summed E-state index contributed by atoms with van der Waals surface area (Å²) in [5.74, 6) is 0.0210. The number of carboxylic acid groups (broad SMARTS) is 1. The number of carbonyl (C=O) groups is 2. The maximum Gasteiger partial charge on any atom is 0.335 e. The molecular weight excluding hydrogens is 627 g/mol. The summed E-state index contributed by atoms with van der Waals surface area (Å²) < 4.78 is 12.8. The molecule has 0 aromatic heterocycles. The Morgan fingerprint density at radius 3 is 2.59 bits per heavy atom. The Labute approximate surface area is 237 Å². The molecule has 1 fully saturated rings. The Kier molecular flexibility index (Phi) is 8.78. The molecule has 10 heteroatoms. The van der Waals surface area contributed by atoms with Gasteiger partial charge in [0.1, 0.15) is 6.61 Å². The lowest BCUT2D eigenvalue weighted by molar-refractivity contribution is -0.121. The minimum absolute atomic E-state index is 0.174. The molecule has 0 bridgehead atoms. The molecule has 1 amide bonds. The molecule has 0 unspecified atom stereocenters. The fraction of sp³-hybridized carbons (Fsp3) is 0.148. The zero-order valence-corrected chi connectivity index (χ0v) is 23.6. The second kappa shape index (κ2) is 12.0. The first kappa shape index (κ1) is 27.0. The molecule has 0 aliphatic carbocycles. The summed E-state index contributed by atoms with van der Waals surface area (Å²) in [6, 6.07) is 17.4. The SMILES string of the molecule is CCOc1cc(C=C2SC(=Nc3ccc(C(=O)O)cc3)N(C)C2=O)cc(I)c1OCc1cccc(Cl)c1. The average Bonchev–Trinajstić information content (AvgIpc) is 3.11. The first-order valence-electron chi connectivity index (χ1n) is 11.2. The van der Waals surface area contributed by atoms with E-state index in [1.807, 2.05) is 43.3 Å². The van der Waals surface area contributed by atoms with Crippen molar-refractivity contribution in [1.29, 1.82) is 0 Å². The van der Waals surface area contributed by atoms with Gasteiger partial charge in [-0.3, -0.25) is 9.69 Å². The van der Waals surface area contributed by atoms with Gasteiger partial charge < -0.3 is 14.6 Å². The second-order valence-corrected chi connectivity index (χ2v) is 10.5. The van der Waals surface area contributed by atoms with Crippen molar-refractivity contribution in [2.24, 2.45) is 4.99 Å². The van der Waals surface area contributed by atoms with Crippen molar-refractivity contribution in [2.75, 3.05) is 13.7 Å². The topological polar surface area (TPSA) is 88.4 Å². The van der Waals surface area contributed by atoms with Crippen molar-refractivity contribution >= 4 is 74.8 Å². The minimum atomic E-state index is -1.01. The molecule has 0 saturated carbocycles. The van der Waals surface area contributed by atoms with E-state index in [-0.39, 0.29) is 11.5 Å². The summed E-state index contributed by atoms with van der Waals surface area (Å²) in [4.78, 5) is 30.5. The van der Waals surface area contributed by atoms with Gasteiger partial charge in [-0.1, -0.05) is 23.7 Å². The van der Waals surface area contributed by atoms with Gasteiger partial charge in [0.05, 0.1) is 26.3 Å². The molecule has 1 heterocycles. The van der Waals surface area contributed by atoms with E-state index in [1.165, 1.54) is 28.8 Å². The molecule has 1 aliphatic heterocycles. The van der Waals surface area contributed by atoms with Crippen molar-refractivity contribution in [3.63, 3.8) is 0 Å². The average molecular weight is 649 g/mol. The Morgan fingerprint density at radius 1 is 1.16 bits per heavy atom. The number of halogens is 2. The minimum Gasteiger partial charge on any atom is -0.490 e. The quantitative estimate of drug-likeness (QED) is 0.212. The number of carbonyl (C=O) groups excluding carboxylic acids is 1. The van der Waals surface area contributed by atoms with Gasteiger partial charge in [-0.05, 0) is 107 Å². The number of hydrogen-bond donors (Lipinski definition) is 1. The first-order valence-corrected chi connectivity index (χ1v) is 13.5. The molecule has 0 atom stereocenters. The highest BCUT2D eigenvalue weighted by Gasteiger charge is 2.30. The third-order valence-corrected chi connectivity index (χ3v) is 7.34. The lowest BCUT2D eigenvalue weighted by atomic mass is 10.1. The monoisotopic (exact) mass is 648 g/mol. The number of thioether (sulfide) groups is 1. The fourth-order valence-corrected chi connectivity index (χ4v) is 5.43. The zero-order chi connectivity index (χ0) is 26.5. The van der Waals surface area contributed by atoms with Crippen LogP contribution in [0.3, 0.4) is 0 Å². The zero-order valence-electron chi connectivity index (χ0n) is 19.9. The summed E-state index contributed by atoms with van der Waals surface area (Å²) in [7, 11) is 1.66. The largest absolute Gasteiger partial charge is 0.490 e. The number of ether oxygens (including phenoxy) is 2. The second-order valence-electron chi connectivity index (χ2n) is 7.90. The van der Waals surface area contributed by atoms with Gasteiger partial charge in [-0.15, -0.1) is 0 Å². The van der Waals surface area contributed by atoms with Gasteiger partial charge in [0, 0.05) is 12.1 Å². The van der Waals surface area contributed by atoms with Gasteiger partial charge in [-0.25, -0.2) is 9.79 Å². The molecule has 1 N–H and O–H groups in total. The third-order valence-electron chi connectivity index (χ3n) is 5.24. The number of amides is 1. The van der Waals surface area contributed by atoms with Crippen molar-refractivity contribution in [3.8, 4) is 11.5 Å². The number of hydrogen-bond acceptors (Lipinski definition) is 6. The van der Waals surface area contributed by atoms with Crippen molar-refractivity contribution in [1.82, 2.24) is 4.90 Å². The number of benzene rings is 3. The van der Waals surface area contributed by atoms with Gasteiger partial charge in [0.15, 0.2) is 16.7 Å². The standard InChI is InChI=1S/C27H22ClIN2O5S/c1-3-35-22-13-17(12-21(29)24(22)36-15-16-5-4-6-19(28)11-16)14-23-25(32)31(2)27(37-23)30-20-9-7-18(8-10-20)26(33)34/h4-14H,3,15H2,1-2H3,(H,33,34). The van der Waals surface area contributed by atoms with E-state index < -0.39 is 5.97 Å². The summed E-state index contributed by atoms with van der Waals surface area (Å²) in [5.41, 5.74) is 2.46. The van der Waals surface area contributed by atoms with Gasteiger partial charge in [-0.2, -0.15) is 0 Å². The summed E-state index contributed by atoms with van der Waals surface area (Å²) in [6.45, 7) is 2.69. The number of aliphatic imine (C=N–C) groups is 1. The molecule has 7 nitrogen and oxygen atoms in total. The fourth-order valence-electron chi connectivity index (χ4n) is 3.45. The van der Waals surface area contributed by atoms with E-state index in [0.29, 0.717) is 45.5 Å². The van der Waals surface area contributed by atoms with E-state index in [1.54, 1.807) is 25.3 Å². The Balaban J connectivity index is 1.57. The van der Waals surface area contributed by atoms with E-state index in [9.17, 15) is 9.59 Å². The molecule has 3 aromatic carbocycles. The molecule has 4 rings (SSSR count). The maximum absolute atomic E-state index is 12.9. The van der Waals surface area contributed by atoms with Crippen LogP contribution in [-0.4, -0.2) is 40.7 Å². The third kappa shape index (κ3) is 6.65. The lowest BCUT2D eigenvalue weighted by Crippen LogP contribution is -2.23. The Morgan fingerprint density at radius 2 is 1.92 bits per heavy atom. The Bertz CT molecular complexity index is 1410. The molecule has 37 heavy (non-hydrogen) atoms.